The third-order valence-electron chi connectivity index (χ3n) is 6.02. The van der Waals surface area contributed by atoms with Gasteiger partial charge in [0.1, 0.15) is 28.2 Å². The number of methoxy groups -OCH3 is 2. The molecule has 206 valence electrons. The van der Waals surface area contributed by atoms with Crippen molar-refractivity contribution in [3.63, 3.8) is 0 Å². The number of hydrogen-bond donors (Lipinski definition) is 3. The third kappa shape index (κ3) is 5.86. The van der Waals surface area contributed by atoms with Crippen LogP contribution in [0.5, 0.6) is 11.5 Å². The van der Waals surface area contributed by atoms with Crippen molar-refractivity contribution in [2.75, 3.05) is 24.9 Å². The number of nitrogens with one attached hydrogen (secondary N) is 1. The van der Waals surface area contributed by atoms with Gasteiger partial charge in [-0.2, -0.15) is 4.37 Å². The maximum Gasteiger partial charge on any atom is 0.273 e. The first-order valence-electron chi connectivity index (χ1n) is 11.9. The van der Waals surface area contributed by atoms with Crippen LogP contribution >= 0.6 is 11.5 Å². The highest BCUT2D eigenvalue weighted by atomic mass is 32.1. The topological polar surface area (TPSA) is 150 Å². The molecule has 0 spiro atoms. The molecular formula is C28H26FN5O5S. The molecule has 4 rings (SSSR count). The van der Waals surface area contributed by atoms with Crippen molar-refractivity contribution in [1.29, 1.82) is 0 Å². The van der Waals surface area contributed by atoms with E-state index >= 15 is 0 Å². The molecule has 3 aromatic carbocycles. The smallest absolute Gasteiger partial charge is 0.273 e. The second-order valence-corrected chi connectivity index (χ2v) is 9.28. The Balaban J connectivity index is 1.89. The average Bonchev–Trinajstić information content (AvgIpc) is 3.36. The molecule has 1 aromatic heterocycles. The molecular weight excluding hydrogens is 537 g/mol. The van der Waals surface area contributed by atoms with E-state index in [-0.39, 0.29) is 34.2 Å². The molecule has 40 heavy (non-hydrogen) atoms. The molecule has 4 aromatic rings. The number of ether oxygens (including phenoxy) is 2. The van der Waals surface area contributed by atoms with E-state index in [9.17, 15) is 18.8 Å². The van der Waals surface area contributed by atoms with E-state index in [1.54, 1.807) is 18.2 Å². The van der Waals surface area contributed by atoms with Crippen molar-refractivity contribution in [2.45, 2.75) is 12.6 Å². The van der Waals surface area contributed by atoms with Gasteiger partial charge in [-0.15, -0.1) is 0 Å². The quantitative estimate of drug-likeness (QED) is 0.266. The van der Waals surface area contributed by atoms with Gasteiger partial charge in [-0.3, -0.25) is 19.3 Å². The summed E-state index contributed by atoms with van der Waals surface area (Å²) in [6.07, 6.45) is 0. The zero-order valence-electron chi connectivity index (χ0n) is 21.6. The van der Waals surface area contributed by atoms with Gasteiger partial charge in [-0.25, -0.2) is 4.39 Å². The van der Waals surface area contributed by atoms with E-state index < -0.39 is 29.6 Å². The van der Waals surface area contributed by atoms with Gasteiger partial charge in [0, 0.05) is 12.6 Å². The van der Waals surface area contributed by atoms with E-state index in [0.717, 1.165) is 5.56 Å². The van der Waals surface area contributed by atoms with Crippen LogP contribution in [-0.4, -0.2) is 36.3 Å². The summed E-state index contributed by atoms with van der Waals surface area (Å²) in [6, 6.07) is 17.7. The minimum Gasteiger partial charge on any atom is -0.497 e. The van der Waals surface area contributed by atoms with Gasteiger partial charge in [-0.1, -0.05) is 42.5 Å². The summed E-state index contributed by atoms with van der Waals surface area (Å²) in [4.78, 5) is 41.0. The number of aromatic nitrogens is 1. The van der Waals surface area contributed by atoms with E-state index in [1.807, 2.05) is 30.3 Å². The van der Waals surface area contributed by atoms with Crippen LogP contribution in [-0.2, 0) is 11.3 Å². The lowest BCUT2D eigenvalue weighted by Gasteiger charge is -2.32. The first-order valence-corrected chi connectivity index (χ1v) is 12.7. The first-order chi connectivity index (χ1) is 19.2. The fraction of sp³-hybridized carbons (Fsp3) is 0.143. The molecule has 0 saturated carbocycles. The monoisotopic (exact) mass is 563 g/mol. The molecule has 0 bridgehead atoms. The Hall–Kier alpha value is -4.97. The standard InChI is InChI=1S/C28H26FN5O5S/c1-38-19-12-13-20(21(14-19)39-2)34(28(37)25-22(30)23(26(31)35)33-40-25)24(17-8-10-18(29)11-9-17)27(36)32-15-16-6-4-3-5-7-16/h3-14,24H,15,30H2,1-2H3,(H2,31,35)(H,32,36)/t24-/m0/s1. The van der Waals surface area contributed by atoms with Gasteiger partial charge in [0.15, 0.2) is 5.69 Å². The van der Waals surface area contributed by atoms with Gasteiger partial charge in [0.2, 0.25) is 5.91 Å². The van der Waals surface area contributed by atoms with E-state index in [0.29, 0.717) is 22.8 Å². The second-order valence-electron chi connectivity index (χ2n) is 8.51. The van der Waals surface area contributed by atoms with Crippen LogP contribution in [0.3, 0.4) is 0 Å². The highest BCUT2D eigenvalue weighted by molar-refractivity contribution is 7.09. The Morgan fingerprint density at radius 2 is 1.73 bits per heavy atom. The van der Waals surface area contributed by atoms with Crippen molar-refractivity contribution < 1.29 is 28.2 Å². The number of rotatable bonds is 10. The summed E-state index contributed by atoms with van der Waals surface area (Å²) in [5.74, 6) is -2.11. The summed E-state index contributed by atoms with van der Waals surface area (Å²) in [5.41, 5.74) is 12.3. The van der Waals surface area contributed by atoms with Crippen LogP contribution in [0.15, 0.2) is 72.8 Å². The summed E-state index contributed by atoms with van der Waals surface area (Å²) in [5, 5.41) is 2.86. The largest absolute Gasteiger partial charge is 0.497 e. The van der Waals surface area contributed by atoms with Gasteiger partial charge in [0.05, 0.1) is 25.6 Å². The normalized spacial score (nSPS) is 11.4. The number of carbonyl (C=O) groups is 3. The molecule has 12 heteroatoms. The highest BCUT2D eigenvalue weighted by Gasteiger charge is 2.37. The molecule has 10 nitrogen and oxygen atoms in total. The lowest BCUT2D eigenvalue weighted by molar-refractivity contribution is -0.122. The fourth-order valence-electron chi connectivity index (χ4n) is 4.03. The number of nitrogens with zero attached hydrogens (tertiary/aromatic N) is 2. The van der Waals surface area contributed by atoms with E-state index in [2.05, 4.69) is 9.69 Å². The number of carbonyl (C=O) groups excluding carboxylic acids is 3. The van der Waals surface area contributed by atoms with Gasteiger partial charge in [-0.05, 0) is 46.9 Å². The summed E-state index contributed by atoms with van der Waals surface area (Å²) in [6.45, 7) is 0.160. The molecule has 0 saturated heterocycles. The minimum atomic E-state index is -1.32. The first kappa shape index (κ1) is 28.0. The van der Waals surface area contributed by atoms with Crippen LogP contribution in [0.1, 0.15) is 37.3 Å². The average molecular weight is 564 g/mol. The molecule has 0 aliphatic carbocycles. The molecule has 0 aliphatic heterocycles. The van der Waals surface area contributed by atoms with Crippen molar-refractivity contribution >= 4 is 40.6 Å². The van der Waals surface area contributed by atoms with Crippen molar-refractivity contribution in [3.05, 3.63) is 100 Å². The predicted octanol–water partition coefficient (Wildman–Crippen LogP) is 3.69. The SMILES string of the molecule is COc1ccc(N(C(=O)c2snc(C(N)=O)c2N)[C@H](C(=O)NCc2ccccc2)c2ccc(F)cc2)c(OC)c1. The van der Waals surface area contributed by atoms with Gasteiger partial charge >= 0.3 is 0 Å². The Bertz CT molecular complexity index is 1530. The summed E-state index contributed by atoms with van der Waals surface area (Å²) >= 11 is 0.669. The molecule has 0 radical (unpaired) electrons. The van der Waals surface area contributed by atoms with Crippen LogP contribution in [0, 0.1) is 5.82 Å². The number of nitrogens with two attached hydrogens (primary N) is 2. The zero-order valence-corrected chi connectivity index (χ0v) is 22.4. The second kappa shape index (κ2) is 12.3. The number of anilines is 2. The maximum absolute atomic E-state index is 14.2. The number of nitrogen functional groups attached to an aromatic ring is 1. The van der Waals surface area contributed by atoms with E-state index in [4.69, 9.17) is 20.9 Å². The number of primary amides is 1. The Kier molecular flexibility index (Phi) is 8.60. The highest BCUT2D eigenvalue weighted by Crippen LogP contribution is 2.39. The van der Waals surface area contributed by atoms with Crippen molar-refractivity contribution in [2.24, 2.45) is 5.73 Å². The molecule has 3 amide bonds. The fourth-order valence-corrected chi connectivity index (χ4v) is 4.78. The molecule has 5 N–H and O–H groups in total. The lowest BCUT2D eigenvalue weighted by atomic mass is 10.0. The molecule has 0 aliphatic rings. The van der Waals surface area contributed by atoms with E-state index in [1.165, 1.54) is 43.4 Å². The number of halogens is 1. The Labute approximate surface area is 233 Å². The summed E-state index contributed by atoms with van der Waals surface area (Å²) in [7, 11) is 2.87. The third-order valence-corrected chi connectivity index (χ3v) is 6.87. The lowest BCUT2D eigenvalue weighted by Crippen LogP contribution is -2.44. The summed E-state index contributed by atoms with van der Waals surface area (Å²) < 4.78 is 28.7. The minimum absolute atomic E-state index is 0.116. The number of amides is 3. The zero-order chi connectivity index (χ0) is 28.8. The Morgan fingerprint density at radius 1 is 1.02 bits per heavy atom. The van der Waals surface area contributed by atoms with Crippen LogP contribution < -0.4 is 31.2 Å². The van der Waals surface area contributed by atoms with Crippen molar-refractivity contribution in [1.82, 2.24) is 9.69 Å². The van der Waals surface area contributed by atoms with Crippen LogP contribution in [0.2, 0.25) is 0 Å². The molecule has 1 heterocycles. The number of hydrogen-bond acceptors (Lipinski definition) is 8. The van der Waals surface area contributed by atoms with Crippen LogP contribution in [0.4, 0.5) is 15.8 Å². The van der Waals surface area contributed by atoms with Gasteiger partial charge in [0.25, 0.3) is 11.8 Å². The maximum atomic E-state index is 14.2. The van der Waals surface area contributed by atoms with Crippen molar-refractivity contribution in [3.8, 4) is 11.5 Å². The van der Waals surface area contributed by atoms with Gasteiger partial charge < -0.3 is 26.3 Å². The molecule has 1 atom stereocenters. The predicted molar refractivity (Wildman–Crippen MR) is 149 cm³/mol. The molecule has 0 fully saturated rings. The Morgan fingerprint density at radius 3 is 2.33 bits per heavy atom. The van der Waals surface area contributed by atoms with Crippen LogP contribution in [0.25, 0.3) is 0 Å². The number of benzene rings is 3. The molecule has 0 unspecified atom stereocenters.